The normalized spacial score (nSPS) is 16.3. The van der Waals surface area contributed by atoms with Gasteiger partial charge < -0.3 is 24.4 Å². The maximum absolute atomic E-state index is 5.95. The predicted octanol–water partition coefficient (Wildman–Crippen LogP) is 4.18. The van der Waals surface area contributed by atoms with E-state index in [2.05, 4.69) is 75.4 Å². The molecular weight excluding hydrogens is 376 g/mol. The Morgan fingerprint density at radius 1 is 1.00 bits per heavy atom. The number of ether oxygens (including phenoxy) is 3. The highest BCUT2D eigenvalue weighted by Gasteiger charge is 2.28. The van der Waals surface area contributed by atoms with Gasteiger partial charge in [-0.3, -0.25) is 0 Å². The van der Waals surface area contributed by atoms with Gasteiger partial charge in [-0.05, 0) is 61.3 Å². The maximum Gasteiger partial charge on any atom is 0.124 e. The molecule has 0 aromatic heterocycles. The molecule has 0 saturated heterocycles. The lowest BCUT2D eigenvalue weighted by atomic mass is 9.83. The molecule has 1 atom stereocenters. The molecular formula is C25H36N2O3. The number of methoxy groups -OCH3 is 2. The lowest BCUT2D eigenvalue weighted by molar-refractivity contribution is 0.261. The third-order valence-corrected chi connectivity index (χ3v) is 5.65. The van der Waals surface area contributed by atoms with E-state index in [4.69, 9.17) is 14.2 Å². The zero-order valence-corrected chi connectivity index (χ0v) is 19.5. The Kier molecular flexibility index (Phi) is 6.94. The molecule has 0 amide bonds. The van der Waals surface area contributed by atoms with Crippen molar-refractivity contribution in [1.82, 2.24) is 10.2 Å². The molecule has 1 aliphatic heterocycles. The van der Waals surface area contributed by atoms with E-state index in [0.717, 1.165) is 47.9 Å². The first-order valence-electron chi connectivity index (χ1n) is 10.6. The fourth-order valence-corrected chi connectivity index (χ4v) is 3.99. The molecule has 0 radical (unpaired) electrons. The summed E-state index contributed by atoms with van der Waals surface area (Å²) in [5, 5.41) is 3.67. The molecule has 3 rings (SSSR count). The number of nitrogens with one attached hydrogen (secondary N) is 1. The lowest BCUT2D eigenvalue weighted by Gasteiger charge is -2.31. The minimum atomic E-state index is -0.0339. The topological polar surface area (TPSA) is 43.0 Å². The molecule has 5 heteroatoms. The number of fused-ring (bicyclic) bond motifs is 1. The molecule has 0 aliphatic carbocycles. The van der Waals surface area contributed by atoms with Crippen LogP contribution in [0.5, 0.6) is 17.2 Å². The van der Waals surface area contributed by atoms with E-state index in [9.17, 15) is 0 Å². The molecule has 1 N–H and O–H groups in total. The first kappa shape index (κ1) is 22.4. The molecule has 30 heavy (non-hydrogen) atoms. The van der Waals surface area contributed by atoms with Crippen LogP contribution in [0.2, 0.25) is 0 Å². The fourth-order valence-electron chi connectivity index (χ4n) is 3.99. The SMILES string of the molecule is COc1cc(C(C)(C)C)c(OC)cc1C1NCCc2cc(OCCN(C)C)ccc21. The largest absolute Gasteiger partial charge is 0.496 e. The Balaban J connectivity index is 1.96. The van der Waals surface area contributed by atoms with E-state index in [1.165, 1.54) is 11.1 Å². The summed E-state index contributed by atoms with van der Waals surface area (Å²) in [6.07, 6.45) is 0.982. The number of benzene rings is 2. The zero-order chi connectivity index (χ0) is 21.9. The van der Waals surface area contributed by atoms with E-state index in [-0.39, 0.29) is 11.5 Å². The second-order valence-corrected chi connectivity index (χ2v) is 9.19. The molecule has 0 saturated carbocycles. The van der Waals surface area contributed by atoms with Crippen molar-refractivity contribution in [2.75, 3.05) is 48.0 Å². The van der Waals surface area contributed by atoms with E-state index >= 15 is 0 Å². The van der Waals surface area contributed by atoms with E-state index in [1.54, 1.807) is 14.2 Å². The highest BCUT2D eigenvalue weighted by molar-refractivity contribution is 5.54. The minimum Gasteiger partial charge on any atom is -0.496 e. The average molecular weight is 413 g/mol. The number of nitrogens with zero attached hydrogens (tertiary/aromatic N) is 1. The Labute approximate surface area is 181 Å². The maximum atomic E-state index is 5.95. The number of hydrogen-bond acceptors (Lipinski definition) is 5. The second kappa shape index (κ2) is 9.27. The third-order valence-electron chi connectivity index (χ3n) is 5.65. The Morgan fingerprint density at radius 2 is 1.73 bits per heavy atom. The molecule has 0 fully saturated rings. The van der Waals surface area contributed by atoms with Gasteiger partial charge >= 0.3 is 0 Å². The standard InChI is InChI=1S/C25H36N2O3/c1-25(2,3)21-16-22(28-6)20(15-23(21)29-7)24-19-9-8-18(30-13-12-27(4)5)14-17(19)10-11-26-24/h8-9,14-16,24,26H,10-13H2,1-7H3. The molecule has 1 unspecified atom stereocenters. The van der Waals surface area contributed by atoms with Crippen molar-refractivity contribution in [2.45, 2.75) is 38.6 Å². The molecule has 0 spiro atoms. The minimum absolute atomic E-state index is 0.0339. The first-order valence-corrected chi connectivity index (χ1v) is 10.6. The van der Waals surface area contributed by atoms with Crippen LogP contribution in [0.15, 0.2) is 30.3 Å². The summed E-state index contributed by atoms with van der Waals surface area (Å²) in [4.78, 5) is 2.12. The van der Waals surface area contributed by atoms with Crippen LogP contribution in [0.3, 0.4) is 0 Å². The number of hydrogen-bond donors (Lipinski definition) is 1. The Hall–Kier alpha value is -2.24. The van der Waals surface area contributed by atoms with Crippen LogP contribution in [0.25, 0.3) is 0 Å². The average Bonchev–Trinajstić information content (AvgIpc) is 2.71. The van der Waals surface area contributed by atoms with Crippen LogP contribution in [0.4, 0.5) is 0 Å². The van der Waals surface area contributed by atoms with Crippen LogP contribution in [-0.4, -0.2) is 52.9 Å². The molecule has 0 bridgehead atoms. The smallest absolute Gasteiger partial charge is 0.124 e. The second-order valence-electron chi connectivity index (χ2n) is 9.19. The monoisotopic (exact) mass is 412 g/mol. The number of likely N-dealkylation sites (N-methyl/N-ethyl adjacent to an activating group) is 1. The van der Waals surface area contributed by atoms with Gasteiger partial charge in [-0.2, -0.15) is 0 Å². The highest BCUT2D eigenvalue weighted by atomic mass is 16.5. The summed E-state index contributed by atoms with van der Waals surface area (Å²) in [7, 11) is 7.59. The van der Waals surface area contributed by atoms with Crippen molar-refractivity contribution >= 4 is 0 Å². The summed E-state index contributed by atoms with van der Waals surface area (Å²) in [6, 6.07) is 10.8. The van der Waals surface area contributed by atoms with Gasteiger partial charge in [0.1, 0.15) is 23.9 Å². The quantitative estimate of drug-likeness (QED) is 0.739. The van der Waals surface area contributed by atoms with E-state index in [1.807, 2.05) is 0 Å². The first-order chi connectivity index (χ1) is 14.2. The van der Waals surface area contributed by atoms with Gasteiger partial charge in [-0.25, -0.2) is 0 Å². The van der Waals surface area contributed by atoms with Gasteiger partial charge in [0.15, 0.2) is 0 Å². The zero-order valence-electron chi connectivity index (χ0n) is 19.5. The van der Waals surface area contributed by atoms with Crippen LogP contribution >= 0.6 is 0 Å². The van der Waals surface area contributed by atoms with Crippen molar-refractivity contribution in [3.8, 4) is 17.2 Å². The summed E-state index contributed by atoms with van der Waals surface area (Å²) in [5.74, 6) is 2.72. The molecule has 1 aliphatic rings. The summed E-state index contributed by atoms with van der Waals surface area (Å²) >= 11 is 0. The van der Waals surface area contributed by atoms with Gasteiger partial charge in [0.05, 0.1) is 20.3 Å². The van der Waals surface area contributed by atoms with Gasteiger partial charge in [-0.1, -0.05) is 26.8 Å². The van der Waals surface area contributed by atoms with Gasteiger partial charge in [0, 0.05) is 24.2 Å². The molecule has 5 nitrogen and oxygen atoms in total. The van der Waals surface area contributed by atoms with Crippen molar-refractivity contribution in [3.63, 3.8) is 0 Å². The van der Waals surface area contributed by atoms with E-state index in [0.29, 0.717) is 6.61 Å². The fraction of sp³-hybridized carbons (Fsp3) is 0.520. The highest BCUT2D eigenvalue weighted by Crippen LogP contribution is 2.42. The predicted molar refractivity (Wildman–Crippen MR) is 122 cm³/mol. The van der Waals surface area contributed by atoms with Crippen molar-refractivity contribution in [3.05, 3.63) is 52.6 Å². The van der Waals surface area contributed by atoms with Gasteiger partial charge in [-0.15, -0.1) is 0 Å². The molecule has 2 aromatic carbocycles. The molecule has 2 aromatic rings. The summed E-state index contributed by atoms with van der Waals surface area (Å²) in [6.45, 7) is 9.07. The van der Waals surface area contributed by atoms with Crippen LogP contribution in [-0.2, 0) is 11.8 Å². The summed E-state index contributed by atoms with van der Waals surface area (Å²) in [5.41, 5.74) is 4.80. The Morgan fingerprint density at radius 3 is 2.37 bits per heavy atom. The van der Waals surface area contributed by atoms with Crippen molar-refractivity contribution < 1.29 is 14.2 Å². The third kappa shape index (κ3) is 4.90. The molecule has 1 heterocycles. The Bertz CT molecular complexity index is 871. The van der Waals surface area contributed by atoms with Gasteiger partial charge in [0.2, 0.25) is 0 Å². The summed E-state index contributed by atoms with van der Waals surface area (Å²) < 4.78 is 17.5. The lowest BCUT2D eigenvalue weighted by Crippen LogP contribution is -2.31. The molecule has 164 valence electrons. The van der Waals surface area contributed by atoms with Crippen LogP contribution < -0.4 is 19.5 Å². The van der Waals surface area contributed by atoms with Gasteiger partial charge in [0.25, 0.3) is 0 Å². The van der Waals surface area contributed by atoms with Crippen LogP contribution in [0.1, 0.15) is 49.1 Å². The van der Waals surface area contributed by atoms with Crippen molar-refractivity contribution in [1.29, 1.82) is 0 Å². The van der Waals surface area contributed by atoms with E-state index < -0.39 is 0 Å². The van der Waals surface area contributed by atoms with Crippen LogP contribution in [0, 0.1) is 0 Å². The number of rotatable bonds is 7. The van der Waals surface area contributed by atoms with Crippen molar-refractivity contribution in [2.24, 2.45) is 0 Å².